The van der Waals surface area contributed by atoms with Gasteiger partial charge in [-0.25, -0.2) is 9.59 Å². The molecule has 0 fully saturated rings. The van der Waals surface area contributed by atoms with Crippen LogP contribution in [0.3, 0.4) is 0 Å². The summed E-state index contributed by atoms with van der Waals surface area (Å²) in [6.45, 7) is 2.31. The van der Waals surface area contributed by atoms with E-state index in [9.17, 15) is 24.0 Å². The van der Waals surface area contributed by atoms with E-state index in [0.717, 1.165) is 10.5 Å². The van der Waals surface area contributed by atoms with Gasteiger partial charge < -0.3 is 14.5 Å². The molecule has 1 atom stereocenters. The van der Waals surface area contributed by atoms with E-state index in [0.29, 0.717) is 18.4 Å². The van der Waals surface area contributed by atoms with E-state index >= 15 is 0 Å². The molecule has 9 heteroatoms. The number of rotatable bonds is 8. The molecule has 1 aliphatic heterocycles. The molecule has 196 valence electrons. The second-order valence-electron chi connectivity index (χ2n) is 9.06. The standard InChI is InChI=1S/C30H24N2O7/c1-2-14-31-26(33)23-16-19-12-13-20(17-25(19)39-29(23)36)38-30(37)24(15-18-8-4-3-5-9-18)32-27(34)21-10-6-7-11-22(21)28(32)35/h3-13,16-17,24H,2,14-15H2,1H3,(H,31,33). The smallest absolute Gasteiger partial charge is 0.349 e. The molecule has 0 aliphatic carbocycles. The maximum absolute atomic E-state index is 13.5. The summed E-state index contributed by atoms with van der Waals surface area (Å²) in [5.74, 6) is -2.47. The van der Waals surface area contributed by atoms with Crippen LogP contribution in [0, 0.1) is 0 Å². The van der Waals surface area contributed by atoms with Crippen molar-refractivity contribution in [3.63, 3.8) is 0 Å². The molecule has 4 aromatic rings. The normalized spacial score (nSPS) is 13.3. The number of carbonyl (C=O) groups excluding carboxylic acids is 4. The van der Waals surface area contributed by atoms with Crippen LogP contribution in [-0.2, 0) is 11.2 Å². The fourth-order valence-electron chi connectivity index (χ4n) is 4.44. The molecule has 39 heavy (non-hydrogen) atoms. The summed E-state index contributed by atoms with van der Waals surface area (Å²) in [4.78, 5) is 65.4. The van der Waals surface area contributed by atoms with Crippen molar-refractivity contribution >= 4 is 34.7 Å². The molecule has 1 aromatic heterocycles. The first-order valence-electron chi connectivity index (χ1n) is 12.5. The van der Waals surface area contributed by atoms with Gasteiger partial charge in [0.25, 0.3) is 17.7 Å². The van der Waals surface area contributed by atoms with Gasteiger partial charge in [0.1, 0.15) is 22.9 Å². The number of fused-ring (bicyclic) bond motifs is 2. The molecule has 3 aromatic carbocycles. The highest BCUT2D eigenvalue weighted by atomic mass is 16.5. The Morgan fingerprint density at radius 1 is 0.897 bits per heavy atom. The Kier molecular flexibility index (Phi) is 7.05. The van der Waals surface area contributed by atoms with Crippen LogP contribution in [0.25, 0.3) is 11.0 Å². The van der Waals surface area contributed by atoms with Gasteiger partial charge in [0.05, 0.1) is 11.1 Å². The van der Waals surface area contributed by atoms with Gasteiger partial charge in [0.2, 0.25) is 0 Å². The molecule has 9 nitrogen and oxygen atoms in total. The Balaban J connectivity index is 1.44. The Labute approximate surface area is 223 Å². The summed E-state index contributed by atoms with van der Waals surface area (Å²) in [5.41, 5.74) is 0.327. The van der Waals surface area contributed by atoms with E-state index in [1.807, 2.05) is 13.0 Å². The molecule has 0 radical (unpaired) electrons. The fourth-order valence-corrected chi connectivity index (χ4v) is 4.44. The lowest BCUT2D eigenvalue weighted by Crippen LogP contribution is -2.48. The van der Waals surface area contributed by atoms with Gasteiger partial charge >= 0.3 is 11.6 Å². The molecule has 0 saturated heterocycles. The molecule has 1 unspecified atom stereocenters. The molecular weight excluding hydrogens is 500 g/mol. The summed E-state index contributed by atoms with van der Waals surface area (Å²) < 4.78 is 10.9. The highest BCUT2D eigenvalue weighted by molar-refractivity contribution is 6.22. The van der Waals surface area contributed by atoms with E-state index in [1.165, 1.54) is 18.2 Å². The number of imide groups is 1. The van der Waals surface area contributed by atoms with E-state index in [4.69, 9.17) is 9.15 Å². The van der Waals surface area contributed by atoms with Crippen molar-refractivity contribution in [3.8, 4) is 5.75 Å². The van der Waals surface area contributed by atoms with Crippen molar-refractivity contribution in [2.75, 3.05) is 6.54 Å². The Morgan fingerprint density at radius 2 is 1.56 bits per heavy atom. The minimum atomic E-state index is -1.24. The van der Waals surface area contributed by atoms with E-state index in [1.54, 1.807) is 54.6 Å². The third-order valence-electron chi connectivity index (χ3n) is 6.39. The summed E-state index contributed by atoms with van der Waals surface area (Å²) in [7, 11) is 0. The SMILES string of the molecule is CCCNC(=O)c1cc2ccc(OC(=O)C(Cc3ccccc3)N3C(=O)c4ccccc4C3=O)cc2oc1=O. The van der Waals surface area contributed by atoms with Gasteiger partial charge in [0.15, 0.2) is 0 Å². The minimum Gasteiger partial charge on any atom is -0.425 e. The number of ether oxygens (including phenoxy) is 1. The third-order valence-corrected chi connectivity index (χ3v) is 6.39. The Hall–Kier alpha value is -5.05. The van der Waals surface area contributed by atoms with E-state index in [-0.39, 0.29) is 34.4 Å². The number of hydrogen-bond donors (Lipinski definition) is 1. The van der Waals surface area contributed by atoms with Crippen LogP contribution in [0.5, 0.6) is 5.75 Å². The van der Waals surface area contributed by atoms with Crippen LogP contribution in [0.4, 0.5) is 0 Å². The second-order valence-corrected chi connectivity index (χ2v) is 9.06. The number of nitrogens with zero attached hydrogens (tertiary/aromatic N) is 1. The van der Waals surface area contributed by atoms with Gasteiger partial charge in [-0.3, -0.25) is 19.3 Å². The number of esters is 1. The molecular formula is C30H24N2O7. The predicted molar refractivity (Wildman–Crippen MR) is 142 cm³/mol. The van der Waals surface area contributed by atoms with Gasteiger partial charge in [-0.15, -0.1) is 0 Å². The third kappa shape index (κ3) is 5.06. The predicted octanol–water partition coefficient (Wildman–Crippen LogP) is 3.75. The van der Waals surface area contributed by atoms with Crippen LogP contribution < -0.4 is 15.7 Å². The molecule has 0 bridgehead atoms. The Morgan fingerprint density at radius 3 is 2.23 bits per heavy atom. The summed E-state index contributed by atoms with van der Waals surface area (Å²) >= 11 is 0. The van der Waals surface area contributed by atoms with Crippen molar-refractivity contribution < 1.29 is 28.3 Å². The largest absolute Gasteiger partial charge is 0.425 e. The number of carbonyl (C=O) groups is 4. The van der Waals surface area contributed by atoms with Crippen LogP contribution >= 0.6 is 0 Å². The lowest BCUT2D eigenvalue weighted by molar-refractivity contribution is -0.138. The molecule has 1 aliphatic rings. The molecule has 1 N–H and O–H groups in total. The summed E-state index contributed by atoms with van der Waals surface area (Å²) in [5, 5.41) is 3.09. The average molecular weight is 525 g/mol. The molecule has 0 spiro atoms. The van der Waals surface area contributed by atoms with Crippen molar-refractivity contribution in [3.05, 3.63) is 112 Å². The maximum atomic E-state index is 13.5. The van der Waals surface area contributed by atoms with Crippen molar-refractivity contribution in [1.29, 1.82) is 0 Å². The quantitative estimate of drug-likeness (QED) is 0.161. The van der Waals surface area contributed by atoms with Gasteiger partial charge in [-0.2, -0.15) is 0 Å². The topological polar surface area (TPSA) is 123 Å². The van der Waals surface area contributed by atoms with Crippen LogP contribution in [0.1, 0.15) is 50.0 Å². The van der Waals surface area contributed by atoms with E-state index in [2.05, 4.69) is 5.32 Å². The first-order valence-corrected chi connectivity index (χ1v) is 12.5. The molecule has 2 heterocycles. The first kappa shape index (κ1) is 25.6. The zero-order valence-electron chi connectivity index (χ0n) is 21.0. The highest BCUT2D eigenvalue weighted by Gasteiger charge is 2.43. The van der Waals surface area contributed by atoms with Gasteiger partial charge in [0, 0.05) is 24.4 Å². The van der Waals surface area contributed by atoms with Gasteiger partial charge in [-0.05, 0) is 42.3 Å². The second kappa shape index (κ2) is 10.7. The monoisotopic (exact) mass is 524 g/mol. The molecule has 3 amide bonds. The molecule has 0 saturated carbocycles. The number of nitrogens with one attached hydrogen (secondary N) is 1. The van der Waals surface area contributed by atoms with Gasteiger partial charge in [-0.1, -0.05) is 49.4 Å². The maximum Gasteiger partial charge on any atom is 0.349 e. The van der Waals surface area contributed by atoms with Crippen molar-refractivity contribution in [1.82, 2.24) is 10.2 Å². The average Bonchev–Trinajstić information content (AvgIpc) is 3.20. The van der Waals surface area contributed by atoms with Crippen LogP contribution in [0.15, 0.2) is 88.1 Å². The summed E-state index contributed by atoms with van der Waals surface area (Å²) in [6, 6.07) is 19.9. The van der Waals surface area contributed by atoms with Crippen LogP contribution in [-0.4, -0.2) is 41.2 Å². The fraction of sp³-hybridized carbons (Fsp3) is 0.167. The minimum absolute atomic E-state index is 0.0457. The zero-order chi connectivity index (χ0) is 27.5. The first-order chi connectivity index (χ1) is 18.9. The van der Waals surface area contributed by atoms with Crippen molar-refractivity contribution in [2.24, 2.45) is 0 Å². The highest BCUT2D eigenvalue weighted by Crippen LogP contribution is 2.28. The number of amides is 3. The van der Waals surface area contributed by atoms with E-state index < -0.39 is 35.4 Å². The summed E-state index contributed by atoms with van der Waals surface area (Å²) in [6.07, 6.45) is 0.759. The molecule has 5 rings (SSSR count). The van der Waals surface area contributed by atoms with Crippen molar-refractivity contribution in [2.45, 2.75) is 25.8 Å². The van der Waals surface area contributed by atoms with Crippen LogP contribution in [0.2, 0.25) is 0 Å². The number of benzene rings is 3. The lowest BCUT2D eigenvalue weighted by atomic mass is 10.0. The lowest BCUT2D eigenvalue weighted by Gasteiger charge is -2.24. The zero-order valence-corrected chi connectivity index (χ0v) is 21.0. The Bertz CT molecular complexity index is 1620. The number of hydrogen-bond acceptors (Lipinski definition) is 7.